The van der Waals surface area contributed by atoms with Crippen LogP contribution in [0.4, 0.5) is 0 Å². The summed E-state index contributed by atoms with van der Waals surface area (Å²) in [6.45, 7) is 8.06. The van der Waals surface area contributed by atoms with Crippen LogP contribution in [0.2, 0.25) is 0 Å². The summed E-state index contributed by atoms with van der Waals surface area (Å²) in [5.41, 5.74) is -0.559. The lowest BCUT2D eigenvalue weighted by Crippen LogP contribution is -2.62. The quantitative estimate of drug-likeness (QED) is 0.762. The van der Waals surface area contributed by atoms with E-state index in [1.165, 1.54) is 0 Å². The van der Waals surface area contributed by atoms with E-state index in [0.29, 0.717) is 6.42 Å². The van der Waals surface area contributed by atoms with Gasteiger partial charge in [-0.15, -0.1) is 0 Å². The van der Waals surface area contributed by atoms with E-state index >= 15 is 0 Å². The molecule has 1 aliphatic heterocycles. The summed E-state index contributed by atoms with van der Waals surface area (Å²) in [7, 11) is 0. The Labute approximate surface area is 178 Å². The van der Waals surface area contributed by atoms with Gasteiger partial charge in [-0.3, -0.25) is 9.59 Å². The molecule has 1 unspecified atom stereocenters. The molecule has 0 spiro atoms. The summed E-state index contributed by atoms with van der Waals surface area (Å²) in [5, 5.41) is 11.5. The molecule has 1 heterocycles. The molecule has 0 bridgehead atoms. The molecule has 0 radical (unpaired) electrons. The number of hydrogen-bond acceptors (Lipinski definition) is 5. The number of aliphatic hydroxyl groups excluding tert-OH is 1. The van der Waals surface area contributed by atoms with Crippen LogP contribution in [0, 0.1) is 28.6 Å². The zero-order chi connectivity index (χ0) is 21.5. The minimum Gasteiger partial charge on any atom is -0.393 e. The largest absolute Gasteiger partial charge is 0.393 e. The van der Waals surface area contributed by atoms with Gasteiger partial charge in [0.2, 0.25) is 0 Å². The van der Waals surface area contributed by atoms with Crippen LogP contribution in [-0.2, 0) is 19.1 Å². The fourth-order valence-electron chi connectivity index (χ4n) is 8.15. The number of aliphatic hydroxyl groups is 1. The monoisotopic (exact) mass is 414 g/mol. The van der Waals surface area contributed by atoms with Gasteiger partial charge < -0.3 is 14.6 Å². The van der Waals surface area contributed by atoms with Crippen molar-refractivity contribution in [3.63, 3.8) is 0 Å². The summed E-state index contributed by atoms with van der Waals surface area (Å²) >= 11 is 0. The maximum atomic E-state index is 13.1. The second kappa shape index (κ2) is 6.60. The SMILES string of the molecule is CCCC1O[C@@H]2C[C@H]3[C@@H]4CCC5=CC(=O)C=C[C@]5(C)[C@H]4[C@@H](O)C[C@]3(C)[C@]2(C(C)=O)O1. The van der Waals surface area contributed by atoms with Crippen LogP contribution in [0.25, 0.3) is 0 Å². The number of carbonyl (C=O) groups is 2. The second-order valence-corrected chi connectivity index (χ2v) is 10.7. The van der Waals surface area contributed by atoms with Gasteiger partial charge in [0, 0.05) is 16.7 Å². The highest BCUT2D eigenvalue weighted by Gasteiger charge is 2.75. The van der Waals surface area contributed by atoms with E-state index in [1.807, 2.05) is 6.08 Å². The first kappa shape index (κ1) is 20.6. The fraction of sp³-hybridized carbons (Fsp3) is 0.760. The van der Waals surface area contributed by atoms with Gasteiger partial charge in [-0.2, -0.15) is 0 Å². The highest BCUT2D eigenvalue weighted by molar-refractivity contribution is 6.01. The van der Waals surface area contributed by atoms with Gasteiger partial charge in [-0.25, -0.2) is 0 Å². The van der Waals surface area contributed by atoms with Crippen molar-refractivity contribution >= 4 is 11.6 Å². The van der Waals surface area contributed by atoms with Crippen molar-refractivity contribution in [1.82, 2.24) is 0 Å². The van der Waals surface area contributed by atoms with Crippen LogP contribution in [-0.4, -0.2) is 40.8 Å². The maximum Gasteiger partial charge on any atom is 0.178 e. The molecule has 9 atom stereocenters. The molecule has 5 nitrogen and oxygen atoms in total. The van der Waals surface area contributed by atoms with E-state index in [-0.39, 0.29) is 47.1 Å². The average molecular weight is 415 g/mol. The van der Waals surface area contributed by atoms with Crippen molar-refractivity contribution < 1.29 is 24.2 Å². The van der Waals surface area contributed by atoms with Crippen molar-refractivity contribution in [1.29, 1.82) is 0 Å². The predicted octanol–water partition coefficient (Wildman–Crippen LogP) is 3.74. The molecule has 1 N–H and O–H groups in total. The smallest absolute Gasteiger partial charge is 0.178 e. The Morgan fingerprint density at radius 2 is 2.10 bits per heavy atom. The molecular weight excluding hydrogens is 380 g/mol. The van der Waals surface area contributed by atoms with Gasteiger partial charge in [-0.1, -0.05) is 38.8 Å². The Bertz CT molecular complexity index is 844. The van der Waals surface area contributed by atoms with Crippen LogP contribution >= 0.6 is 0 Å². The Morgan fingerprint density at radius 3 is 2.80 bits per heavy atom. The topological polar surface area (TPSA) is 72.8 Å². The van der Waals surface area contributed by atoms with Gasteiger partial charge in [0.05, 0.1) is 12.2 Å². The molecule has 164 valence electrons. The first-order valence-corrected chi connectivity index (χ1v) is 11.6. The van der Waals surface area contributed by atoms with Crippen molar-refractivity contribution in [2.45, 2.75) is 90.3 Å². The Balaban J connectivity index is 1.55. The van der Waals surface area contributed by atoms with Crippen LogP contribution in [0.5, 0.6) is 0 Å². The minimum absolute atomic E-state index is 0.0347. The van der Waals surface area contributed by atoms with Crippen LogP contribution in [0.1, 0.15) is 66.2 Å². The number of carbonyl (C=O) groups excluding carboxylic acids is 2. The molecule has 5 aliphatic rings. The average Bonchev–Trinajstić information content (AvgIpc) is 3.15. The van der Waals surface area contributed by atoms with Crippen molar-refractivity contribution in [2.75, 3.05) is 0 Å². The maximum absolute atomic E-state index is 13.1. The Hall–Kier alpha value is -1.30. The van der Waals surface area contributed by atoms with Gasteiger partial charge in [-0.05, 0) is 63.0 Å². The summed E-state index contributed by atoms with van der Waals surface area (Å²) in [6.07, 6.45) is 9.21. The normalized spacial score (nSPS) is 51.6. The first-order chi connectivity index (χ1) is 14.2. The van der Waals surface area contributed by atoms with E-state index in [0.717, 1.165) is 37.7 Å². The van der Waals surface area contributed by atoms with Gasteiger partial charge in [0.25, 0.3) is 0 Å². The third-order valence-electron chi connectivity index (χ3n) is 9.34. The minimum atomic E-state index is -0.959. The lowest BCUT2D eigenvalue weighted by Gasteiger charge is -2.59. The van der Waals surface area contributed by atoms with E-state index in [9.17, 15) is 14.7 Å². The predicted molar refractivity (Wildman–Crippen MR) is 111 cm³/mol. The highest BCUT2D eigenvalue weighted by Crippen LogP contribution is 2.69. The molecule has 0 aromatic carbocycles. The first-order valence-electron chi connectivity index (χ1n) is 11.6. The molecule has 30 heavy (non-hydrogen) atoms. The zero-order valence-corrected chi connectivity index (χ0v) is 18.5. The van der Waals surface area contributed by atoms with Gasteiger partial charge in [0.1, 0.15) is 0 Å². The lowest BCUT2D eigenvalue weighted by molar-refractivity contribution is -0.198. The summed E-state index contributed by atoms with van der Waals surface area (Å²) in [5.74, 6) is 0.664. The molecule has 4 aliphatic carbocycles. The van der Waals surface area contributed by atoms with Crippen LogP contribution in [0.3, 0.4) is 0 Å². The third kappa shape index (κ3) is 2.40. The number of allylic oxidation sites excluding steroid dienone is 4. The van der Waals surface area contributed by atoms with E-state index in [2.05, 4.69) is 20.8 Å². The summed E-state index contributed by atoms with van der Waals surface area (Å²) in [4.78, 5) is 25.1. The molecule has 1 saturated heterocycles. The number of Topliss-reactive ketones (excluding diaryl/α,β-unsaturated/α-hetero) is 1. The number of rotatable bonds is 3. The molecule has 0 amide bonds. The van der Waals surface area contributed by atoms with Gasteiger partial charge in [0.15, 0.2) is 23.5 Å². The van der Waals surface area contributed by atoms with Crippen molar-refractivity contribution in [3.05, 3.63) is 23.8 Å². The lowest BCUT2D eigenvalue weighted by atomic mass is 9.46. The molecule has 3 saturated carbocycles. The summed E-state index contributed by atoms with van der Waals surface area (Å²) < 4.78 is 12.8. The van der Waals surface area contributed by atoms with Crippen LogP contribution in [0.15, 0.2) is 23.8 Å². The van der Waals surface area contributed by atoms with E-state index < -0.39 is 17.1 Å². The number of ether oxygens (including phenoxy) is 2. The third-order valence-corrected chi connectivity index (χ3v) is 9.34. The van der Waals surface area contributed by atoms with E-state index in [4.69, 9.17) is 9.47 Å². The summed E-state index contributed by atoms with van der Waals surface area (Å²) in [6, 6.07) is 0. The van der Waals surface area contributed by atoms with Crippen molar-refractivity contribution in [2.24, 2.45) is 28.6 Å². The second-order valence-electron chi connectivity index (χ2n) is 10.7. The molecule has 4 fully saturated rings. The van der Waals surface area contributed by atoms with Crippen molar-refractivity contribution in [3.8, 4) is 0 Å². The Kier molecular flexibility index (Phi) is 4.53. The van der Waals surface area contributed by atoms with E-state index in [1.54, 1.807) is 19.1 Å². The molecular formula is C25H34O5. The highest BCUT2D eigenvalue weighted by atomic mass is 16.7. The molecule has 5 rings (SSSR count). The zero-order valence-electron chi connectivity index (χ0n) is 18.5. The molecule has 5 heteroatoms. The number of fused-ring (bicyclic) bond motifs is 7. The van der Waals surface area contributed by atoms with Gasteiger partial charge >= 0.3 is 0 Å². The standard InChI is InChI=1S/C25H34O5/c1-5-6-21-29-20-12-18-17-8-7-15-11-16(27)9-10-23(15,3)22(17)19(28)13-24(18,4)25(20,30-21)14(2)26/h9-11,17-22,28H,5-8,12-13H2,1-4H3/t17-,18-,19-,20+,21?,22+,23-,24-,25+/m0/s1. The van der Waals surface area contributed by atoms with Crippen LogP contribution < -0.4 is 0 Å². The molecule has 0 aromatic rings. The number of ketones is 2. The fourth-order valence-corrected chi connectivity index (χ4v) is 8.15. The number of hydrogen-bond donors (Lipinski definition) is 1. The Morgan fingerprint density at radius 1 is 1.33 bits per heavy atom. The molecule has 0 aromatic heterocycles.